The Kier molecular flexibility index (Phi) is 16.5. The number of hydrogen-bond donors (Lipinski definition) is 4. The van der Waals surface area contributed by atoms with Crippen molar-refractivity contribution < 1.29 is 28.5 Å². The zero-order chi connectivity index (χ0) is 47.8. The van der Waals surface area contributed by atoms with Crippen LogP contribution in [0.5, 0.6) is 11.5 Å². The first kappa shape index (κ1) is 47.9. The molecule has 0 bridgehead atoms. The molecule has 8 aromatic rings. The highest BCUT2D eigenvalue weighted by molar-refractivity contribution is 6.32. The van der Waals surface area contributed by atoms with Crippen molar-refractivity contribution in [3.63, 3.8) is 0 Å². The molecule has 0 saturated heterocycles. The lowest BCUT2D eigenvalue weighted by Gasteiger charge is -2.20. The average molecular weight is 960 g/mol. The molecule has 22 heteroatoms. The molecule has 20 nitrogen and oxygen atoms in total. The van der Waals surface area contributed by atoms with Crippen molar-refractivity contribution in [3.8, 4) is 23.1 Å². The van der Waals surface area contributed by atoms with Gasteiger partial charge in [0.2, 0.25) is 0 Å². The third-order valence-corrected chi connectivity index (χ3v) is 10.3. The summed E-state index contributed by atoms with van der Waals surface area (Å²) >= 11 is 12.6. The first-order valence-corrected chi connectivity index (χ1v) is 21.4. The van der Waals surface area contributed by atoms with Crippen molar-refractivity contribution in [1.29, 1.82) is 0 Å². The van der Waals surface area contributed by atoms with Crippen LogP contribution in [-0.4, -0.2) is 76.2 Å². The van der Waals surface area contributed by atoms with Crippen LogP contribution in [0.1, 0.15) is 48.3 Å². The summed E-state index contributed by atoms with van der Waals surface area (Å²) in [5.41, 5.74) is 5.04. The maximum Gasteiger partial charge on any atom is 0.323 e. The van der Waals surface area contributed by atoms with E-state index in [4.69, 9.17) is 42.1 Å². The van der Waals surface area contributed by atoms with E-state index in [1.54, 1.807) is 38.7 Å². The van der Waals surface area contributed by atoms with Crippen molar-refractivity contribution >= 4 is 58.0 Å². The molecule has 2 aromatic carbocycles. The van der Waals surface area contributed by atoms with Crippen LogP contribution < -0.4 is 30.7 Å². The van der Waals surface area contributed by atoms with E-state index in [-0.39, 0.29) is 22.3 Å². The average Bonchev–Trinajstić information content (AvgIpc) is 4.10. The molecule has 6 aromatic heterocycles. The van der Waals surface area contributed by atoms with Gasteiger partial charge >= 0.3 is 12.1 Å². The van der Waals surface area contributed by atoms with Crippen LogP contribution in [0, 0.1) is 0 Å². The zero-order valence-corrected chi connectivity index (χ0v) is 38.5. The normalized spacial score (nSPS) is 11.6. The maximum absolute atomic E-state index is 12.7. The topological polar surface area (TPSA) is 232 Å². The standard InChI is InChI=1S/2C23H22ClN7O3/c2*1-15(33-2)21-19(12-25-13-20(21)34-14-16-6-4-3-5-7-16)30-23(32)29-17-10-18(24)22(26-11-17)31-27-8-9-28-31/h2*3-13,15H,14H2,1-2H3,(H2,29,30,32)/t2*15-/m10/s1. The smallest absolute Gasteiger partial charge is 0.323 e. The first-order valence-electron chi connectivity index (χ1n) is 20.7. The van der Waals surface area contributed by atoms with Gasteiger partial charge in [-0.25, -0.2) is 19.6 Å². The van der Waals surface area contributed by atoms with E-state index in [0.29, 0.717) is 70.2 Å². The summed E-state index contributed by atoms with van der Waals surface area (Å²) in [4.78, 5) is 44.9. The van der Waals surface area contributed by atoms with E-state index in [1.165, 1.54) is 59.2 Å². The molecule has 68 heavy (non-hydrogen) atoms. The zero-order valence-electron chi connectivity index (χ0n) is 36.9. The minimum absolute atomic E-state index is 0.278. The molecule has 0 aliphatic rings. The predicted molar refractivity (Wildman–Crippen MR) is 254 cm³/mol. The van der Waals surface area contributed by atoms with E-state index in [1.807, 2.05) is 74.5 Å². The van der Waals surface area contributed by atoms with E-state index >= 15 is 0 Å². The number of ether oxygens (including phenoxy) is 4. The monoisotopic (exact) mass is 958 g/mol. The lowest BCUT2D eigenvalue weighted by atomic mass is 10.1. The van der Waals surface area contributed by atoms with Gasteiger partial charge in [-0.1, -0.05) is 83.9 Å². The molecule has 0 spiro atoms. The number of aromatic nitrogens is 10. The fraction of sp³-hybridized carbons (Fsp3) is 0.174. The summed E-state index contributed by atoms with van der Waals surface area (Å²) in [5, 5.41) is 27.6. The van der Waals surface area contributed by atoms with Crippen molar-refractivity contribution in [2.24, 2.45) is 0 Å². The van der Waals surface area contributed by atoms with E-state index < -0.39 is 12.1 Å². The van der Waals surface area contributed by atoms with Crippen LogP contribution in [0.2, 0.25) is 10.0 Å². The highest BCUT2D eigenvalue weighted by Gasteiger charge is 2.21. The van der Waals surface area contributed by atoms with Crippen molar-refractivity contribution in [3.05, 3.63) is 167 Å². The molecular formula is C46H44Cl2N14O6. The fourth-order valence-corrected chi connectivity index (χ4v) is 6.87. The van der Waals surface area contributed by atoms with Gasteiger partial charge in [0.25, 0.3) is 0 Å². The second-order valence-corrected chi connectivity index (χ2v) is 15.2. The molecule has 2 atom stereocenters. The van der Waals surface area contributed by atoms with Gasteiger partial charge in [-0.15, -0.1) is 9.59 Å². The third kappa shape index (κ3) is 12.6. The Morgan fingerprint density at radius 3 is 1.29 bits per heavy atom. The molecule has 0 saturated carbocycles. The van der Waals surface area contributed by atoms with Gasteiger partial charge in [-0.3, -0.25) is 9.97 Å². The number of hydrogen-bond acceptors (Lipinski definition) is 14. The number of urea groups is 2. The minimum Gasteiger partial charge on any atom is -0.487 e. The Hall–Kier alpha value is -8.04. The van der Waals surface area contributed by atoms with Gasteiger partial charge in [0, 0.05) is 25.3 Å². The lowest BCUT2D eigenvalue weighted by Crippen LogP contribution is -2.21. The van der Waals surface area contributed by atoms with Gasteiger partial charge in [0.1, 0.15) is 24.7 Å². The second-order valence-electron chi connectivity index (χ2n) is 14.4. The molecule has 0 fully saturated rings. The highest BCUT2D eigenvalue weighted by Crippen LogP contribution is 2.35. The number of pyridine rings is 4. The second kappa shape index (κ2) is 23.4. The lowest BCUT2D eigenvalue weighted by molar-refractivity contribution is 0.116. The molecule has 0 aliphatic heterocycles. The number of carbonyl (C=O) groups excluding carboxylic acids is 2. The molecule has 0 aliphatic carbocycles. The number of nitrogens with one attached hydrogen (secondary N) is 4. The summed E-state index contributed by atoms with van der Waals surface area (Å²) in [6.45, 7) is 4.42. The van der Waals surface area contributed by atoms with Crippen LogP contribution in [0.25, 0.3) is 11.6 Å². The van der Waals surface area contributed by atoms with E-state index in [2.05, 4.69) is 61.6 Å². The Morgan fingerprint density at radius 2 is 0.941 bits per heavy atom. The third-order valence-electron chi connectivity index (χ3n) is 9.77. The highest BCUT2D eigenvalue weighted by atomic mass is 35.5. The van der Waals surface area contributed by atoms with E-state index in [0.717, 1.165) is 11.1 Å². The number of carbonyl (C=O) groups is 2. The number of anilines is 4. The van der Waals surface area contributed by atoms with E-state index in [9.17, 15) is 9.59 Å². The Balaban J connectivity index is 0.000000201. The number of rotatable bonds is 16. The maximum atomic E-state index is 12.7. The first-order chi connectivity index (χ1) is 33.1. The van der Waals surface area contributed by atoms with Crippen LogP contribution in [0.4, 0.5) is 32.3 Å². The quantitative estimate of drug-likeness (QED) is 0.0707. The van der Waals surface area contributed by atoms with Crippen LogP contribution in [0.3, 0.4) is 0 Å². The van der Waals surface area contributed by atoms with Gasteiger partial charge in [-0.2, -0.15) is 20.4 Å². The largest absolute Gasteiger partial charge is 0.487 e. The summed E-state index contributed by atoms with van der Waals surface area (Å²) in [6.07, 6.45) is 14.5. The summed E-state index contributed by atoms with van der Waals surface area (Å²) in [6, 6.07) is 21.6. The molecule has 0 radical (unpaired) electrons. The minimum atomic E-state index is -0.505. The van der Waals surface area contributed by atoms with Crippen LogP contribution >= 0.6 is 23.2 Å². The number of methoxy groups -OCH3 is 2. The van der Waals surface area contributed by atoms with Crippen molar-refractivity contribution in [1.82, 2.24) is 49.9 Å². The van der Waals surface area contributed by atoms with Crippen LogP contribution in [-0.2, 0) is 22.7 Å². The summed E-state index contributed by atoms with van der Waals surface area (Å²) in [7, 11) is 3.17. The number of halogens is 2. The molecular weight excluding hydrogens is 916 g/mol. The number of amides is 4. The Labute approximate surface area is 400 Å². The summed E-state index contributed by atoms with van der Waals surface area (Å²) < 4.78 is 23.0. The molecule has 0 unspecified atom stereocenters. The molecule has 4 amide bonds. The van der Waals surface area contributed by atoms with Crippen molar-refractivity contribution in [2.45, 2.75) is 39.3 Å². The molecule has 348 valence electrons. The van der Waals surface area contributed by atoms with Gasteiger partial charge in [-0.05, 0) is 37.1 Å². The molecule has 4 N–H and O–H groups in total. The Bertz CT molecular complexity index is 2700. The van der Waals surface area contributed by atoms with Crippen LogP contribution in [0.15, 0.2) is 135 Å². The van der Waals surface area contributed by atoms with Gasteiger partial charge < -0.3 is 40.2 Å². The molecule has 8 rings (SSSR count). The van der Waals surface area contributed by atoms with Gasteiger partial charge in [0.05, 0.1) is 107 Å². The predicted octanol–water partition coefficient (Wildman–Crippen LogP) is 9.28. The Morgan fingerprint density at radius 1 is 0.559 bits per heavy atom. The molecule has 6 heterocycles. The summed E-state index contributed by atoms with van der Waals surface area (Å²) in [5.74, 6) is 1.72. The number of nitrogens with zero attached hydrogens (tertiary/aromatic N) is 10. The fourth-order valence-electron chi connectivity index (χ4n) is 6.39. The van der Waals surface area contributed by atoms with Gasteiger partial charge in [0.15, 0.2) is 11.6 Å². The van der Waals surface area contributed by atoms with Crippen molar-refractivity contribution in [2.75, 3.05) is 35.5 Å². The number of benzene rings is 2. The SMILES string of the molecule is CO[C@@H](C)c1c(NC(=O)Nc2cnc(-n3nccn3)c(Cl)c2)cncc1OCc1ccccc1.CO[C@H](C)c1c(NC(=O)Nc2cnc(-n3nccn3)c(Cl)c2)cncc1OCc1ccccc1.